The van der Waals surface area contributed by atoms with Crippen molar-refractivity contribution in [2.75, 3.05) is 13.2 Å². The number of alkyl halides is 3. The number of rotatable bonds is 6. The minimum absolute atomic E-state index is 0.209. The number of nitrogens with one attached hydrogen (secondary N) is 1. The van der Waals surface area contributed by atoms with Crippen molar-refractivity contribution in [3.8, 4) is 11.4 Å². The first-order chi connectivity index (χ1) is 11.8. The maximum absolute atomic E-state index is 12.4. The molecule has 0 radical (unpaired) electrons. The van der Waals surface area contributed by atoms with Crippen molar-refractivity contribution in [3.05, 3.63) is 35.7 Å². The van der Waals surface area contributed by atoms with Crippen LogP contribution in [0.25, 0.3) is 11.4 Å². The Bertz CT molecular complexity index is 754. The molecule has 1 aromatic carbocycles. The van der Waals surface area contributed by atoms with Crippen LogP contribution in [-0.2, 0) is 11.0 Å². The highest BCUT2D eigenvalue weighted by atomic mass is 19.4. The quantitative estimate of drug-likeness (QED) is 0.635. The van der Waals surface area contributed by atoms with Crippen LogP contribution < -0.4 is 5.32 Å². The molecule has 1 aromatic heterocycles. The molecule has 0 aliphatic heterocycles. The lowest BCUT2D eigenvalue weighted by molar-refractivity contribution is -0.159. The van der Waals surface area contributed by atoms with E-state index in [4.69, 9.17) is 4.84 Å². The zero-order chi connectivity index (χ0) is 18.4. The molecule has 0 bridgehead atoms. The SMILES string of the molecule is CCO/N=C(/C)CNC(=O)c1ccc(-c2noc(C(F)(F)F)n2)cc1. The third kappa shape index (κ3) is 5.03. The Hall–Kier alpha value is -2.91. The summed E-state index contributed by atoms with van der Waals surface area (Å²) in [7, 11) is 0. The smallest absolute Gasteiger partial charge is 0.396 e. The normalized spacial score (nSPS) is 12.1. The molecule has 0 atom stereocenters. The fourth-order valence-electron chi connectivity index (χ4n) is 1.74. The topological polar surface area (TPSA) is 89.6 Å². The van der Waals surface area contributed by atoms with Crippen LogP contribution in [-0.4, -0.2) is 34.9 Å². The molecule has 10 heteroatoms. The molecule has 1 heterocycles. The minimum Gasteiger partial charge on any atom is -0.396 e. The molecule has 0 aliphatic carbocycles. The molecular formula is C15H15F3N4O3. The van der Waals surface area contributed by atoms with Crippen LogP contribution in [0.3, 0.4) is 0 Å². The van der Waals surface area contributed by atoms with Crippen LogP contribution in [0.5, 0.6) is 0 Å². The summed E-state index contributed by atoms with van der Waals surface area (Å²) >= 11 is 0. The van der Waals surface area contributed by atoms with Crippen LogP contribution in [0.4, 0.5) is 13.2 Å². The molecule has 1 N–H and O–H groups in total. The van der Waals surface area contributed by atoms with Gasteiger partial charge in [-0.05, 0) is 26.0 Å². The number of hydrogen-bond donors (Lipinski definition) is 1. The first-order valence-corrected chi connectivity index (χ1v) is 7.26. The number of carbonyl (C=O) groups excluding carboxylic acids is 1. The van der Waals surface area contributed by atoms with Gasteiger partial charge in [-0.1, -0.05) is 22.4 Å². The lowest BCUT2D eigenvalue weighted by atomic mass is 10.1. The average Bonchev–Trinajstić information content (AvgIpc) is 3.08. The Morgan fingerprint density at radius 1 is 1.32 bits per heavy atom. The number of benzene rings is 1. The average molecular weight is 356 g/mol. The summed E-state index contributed by atoms with van der Waals surface area (Å²) in [6.07, 6.45) is -4.70. The molecule has 0 saturated heterocycles. The van der Waals surface area contributed by atoms with E-state index in [-0.39, 0.29) is 18.3 Å². The summed E-state index contributed by atoms with van der Waals surface area (Å²) in [4.78, 5) is 20.1. The highest BCUT2D eigenvalue weighted by Crippen LogP contribution is 2.29. The number of amides is 1. The molecule has 134 valence electrons. The molecule has 1 amide bonds. The second kappa shape index (κ2) is 7.77. The van der Waals surface area contributed by atoms with Gasteiger partial charge in [0.25, 0.3) is 5.91 Å². The molecule has 2 rings (SSSR count). The van der Waals surface area contributed by atoms with Crippen LogP contribution in [0, 0.1) is 0 Å². The van der Waals surface area contributed by atoms with Gasteiger partial charge in [-0.25, -0.2) is 0 Å². The van der Waals surface area contributed by atoms with Gasteiger partial charge < -0.3 is 14.7 Å². The zero-order valence-corrected chi connectivity index (χ0v) is 13.4. The third-order valence-electron chi connectivity index (χ3n) is 2.93. The largest absolute Gasteiger partial charge is 0.471 e. The van der Waals surface area contributed by atoms with E-state index < -0.39 is 12.1 Å². The van der Waals surface area contributed by atoms with Gasteiger partial charge in [0.2, 0.25) is 5.82 Å². The maximum Gasteiger partial charge on any atom is 0.471 e. The van der Waals surface area contributed by atoms with Crippen molar-refractivity contribution in [1.29, 1.82) is 0 Å². The number of oxime groups is 1. The molecule has 2 aromatic rings. The van der Waals surface area contributed by atoms with E-state index >= 15 is 0 Å². The fraction of sp³-hybridized carbons (Fsp3) is 0.333. The van der Waals surface area contributed by atoms with Gasteiger partial charge in [0, 0.05) is 11.1 Å². The van der Waals surface area contributed by atoms with Crippen LogP contribution in [0.15, 0.2) is 33.9 Å². The first-order valence-electron chi connectivity index (χ1n) is 7.26. The van der Waals surface area contributed by atoms with Gasteiger partial charge in [-0.2, -0.15) is 18.2 Å². The van der Waals surface area contributed by atoms with Gasteiger partial charge in [-0.3, -0.25) is 4.79 Å². The Morgan fingerprint density at radius 2 is 2.00 bits per heavy atom. The van der Waals surface area contributed by atoms with E-state index in [1.165, 1.54) is 24.3 Å². The third-order valence-corrected chi connectivity index (χ3v) is 2.93. The van der Waals surface area contributed by atoms with Crippen LogP contribution >= 0.6 is 0 Å². The summed E-state index contributed by atoms with van der Waals surface area (Å²) in [5.41, 5.74) is 1.22. The molecule has 0 saturated carbocycles. The molecule has 0 aliphatic rings. The Morgan fingerprint density at radius 3 is 2.56 bits per heavy atom. The molecular weight excluding hydrogens is 341 g/mol. The second-order valence-corrected chi connectivity index (χ2v) is 4.93. The first kappa shape index (κ1) is 18.4. The highest BCUT2D eigenvalue weighted by Gasteiger charge is 2.38. The van der Waals surface area contributed by atoms with Gasteiger partial charge in [0.15, 0.2) is 0 Å². The van der Waals surface area contributed by atoms with E-state index in [2.05, 4.69) is 25.1 Å². The lowest BCUT2D eigenvalue weighted by Gasteiger charge is -2.05. The van der Waals surface area contributed by atoms with Gasteiger partial charge in [0.05, 0.1) is 12.3 Å². The van der Waals surface area contributed by atoms with Crippen molar-refractivity contribution >= 4 is 11.6 Å². The number of aromatic nitrogens is 2. The summed E-state index contributed by atoms with van der Waals surface area (Å²) in [6.45, 7) is 4.13. The minimum atomic E-state index is -4.70. The number of carbonyl (C=O) groups is 1. The van der Waals surface area contributed by atoms with Crippen molar-refractivity contribution in [1.82, 2.24) is 15.5 Å². The van der Waals surface area contributed by atoms with E-state index in [1.54, 1.807) is 13.8 Å². The summed E-state index contributed by atoms with van der Waals surface area (Å²) in [5.74, 6) is -1.99. The predicted molar refractivity (Wildman–Crippen MR) is 81.8 cm³/mol. The van der Waals surface area contributed by atoms with Crippen molar-refractivity contribution in [2.24, 2.45) is 5.16 Å². The summed E-state index contributed by atoms with van der Waals surface area (Å²) in [5, 5.41) is 9.69. The highest BCUT2D eigenvalue weighted by molar-refractivity contribution is 5.97. The molecule has 0 fully saturated rings. The monoisotopic (exact) mass is 356 g/mol. The fourth-order valence-corrected chi connectivity index (χ4v) is 1.74. The Balaban J connectivity index is 2.02. The molecule has 25 heavy (non-hydrogen) atoms. The standard InChI is InChI=1S/C15H15F3N4O3/c1-3-24-21-9(2)8-19-13(23)11-6-4-10(5-7-11)12-20-14(25-22-12)15(16,17)18/h4-7H,3,8H2,1-2H3,(H,19,23)/b21-9-. The van der Waals surface area contributed by atoms with Gasteiger partial charge in [-0.15, -0.1) is 0 Å². The predicted octanol–water partition coefficient (Wildman–Crippen LogP) is 2.90. The van der Waals surface area contributed by atoms with E-state index in [0.717, 1.165) is 0 Å². The Kier molecular flexibility index (Phi) is 5.73. The number of halogens is 3. The number of nitrogens with zero attached hydrogens (tertiary/aromatic N) is 3. The van der Waals surface area contributed by atoms with Crippen molar-refractivity contribution in [2.45, 2.75) is 20.0 Å². The second-order valence-electron chi connectivity index (χ2n) is 4.93. The zero-order valence-electron chi connectivity index (χ0n) is 13.4. The maximum atomic E-state index is 12.4. The van der Waals surface area contributed by atoms with Gasteiger partial charge >= 0.3 is 12.1 Å². The lowest BCUT2D eigenvalue weighted by Crippen LogP contribution is -2.28. The molecule has 0 spiro atoms. The van der Waals surface area contributed by atoms with E-state index in [0.29, 0.717) is 23.4 Å². The van der Waals surface area contributed by atoms with Crippen LogP contribution in [0.2, 0.25) is 0 Å². The summed E-state index contributed by atoms with van der Waals surface area (Å²) < 4.78 is 41.5. The number of hydrogen-bond acceptors (Lipinski definition) is 6. The van der Waals surface area contributed by atoms with E-state index in [9.17, 15) is 18.0 Å². The summed E-state index contributed by atoms with van der Waals surface area (Å²) in [6, 6.07) is 5.76. The molecule has 0 unspecified atom stereocenters. The molecule has 7 nitrogen and oxygen atoms in total. The van der Waals surface area contributed by atoms with Crippen molar-refractivity contribution < 1.29 is 27.3 Å². The van der Waals surface area contributed by atoms with Crippen LogP contribution in [0.1, 0.15) is 30.1 Å². The Labute approximate surface area is 140 Å². The van der Waals surface area contributed by atoms with Gasteiger partial charge in [0.1, 0.15) is 6.61 Å². The van der Waals surface area contributed by atoms with Crippen molar-refractivity contribution in [3.63, 3.8) is 0 Å². The van der Waals surface area contributed by atoms with E-state index in [1.807, 2.05) is 0 Å².